The van der Waals surface area contributed by atoms with Crippen molar-refractivity contribution in [3.63, 3.8) is 0 Å². The molecule has 2 rings (SSSR count). The smallest absolute Gasteiger partial charge is 0.349 e. The molecule has 1 unspecified atom stereocenters. The van der Waals surface area contributed by atoms with Crippen LogP contribution >= 0.6 is 15.9 Å². The fraction of sp³-hybridized carbons (Fsp3) is 0.263. The highest BCUT2D eigenvalue weighted by Gasteiger charge is 2.11. The van der Waals surface area contributed by atoms with Gasteiger partial charge in [0.25, 0.3) is 0 Å². The van der Waals surface area contributed by atoms with Crippen molar-refractivity contribution in [2.75, 3.05) is 6.61 Å². The van der Waals surface area contributed by atoms with E-state index < -0.39 is 11.9 Å². The quantitative estimate of drug-likeness (QED) is 0.535. The summed E-state index contributed by atoms with van der Waals surface area (Å²) < 4.78 is 11.4. The number of rotatable bonds is 7. The minimum absolute atomic E-state index is 0.126. The van der Waals surface area contributed by atoms with Crippen LogP contribution in [-0.2, 0) is 4.79 Å². The predicted octanol–water partition coefficient (Wildman–Crippen LogP) is 4.65. The zero-order valence-corrected chi connectivity index (χ0v) is 15.6. The van der Waals surface area contributed by atoms with Crippen LogP contribution in [0.1, 0.15) is 42.1 Å². The molecule has 0 heterocycles. The number of aromatic carboxylic acids is 1. The Balaban J connectivity index is 1.92. The monoisotopic (exact) mass is 406 g/mol. The van der Waals surface area contributed by atoms with Crippen LogP contribution in [0.15, 0.2) is 46.9 Å². The molecule has 2 aromatic carbocycles. The lowest BCUT2D eigenvalue weighted by atomic mass is 9.99. The largest absolute Gasteiger partial charge is 0.481 e. The van der Waals surface area contributed by atoms with E-state index in [-0.39, 0.29) is 17.9 Å². The van der Waals surface area contributed by atoms with Crippen LogP contribution in [0.4, 0.5) is 0 Å². The van der Waals surface area contributed by atoms with Crippen molar-refractivity contribution in [1.29, 1.82) is 0 Å². The van der Waals surface area contributed by atoms with Crippen LogP contribution in [0.5, 0.6) is 11.5 Å². The molecule has 0 aromatic heterocycles. The molecule has 0 aliphatic rings. The molecule has 1 atom stereocenters. The Morgan fingerprint density at radius 1 is 1.16 bits per heavy atom. The number of hydrogen-bond donors (Lipinski definition) is 1. The number of hydrogen-bond acceptors (Lipinski definition) is 4. The summed E-state index contributed by atoms with van der Waals surface area (Å²) in [6.45, 7) is 4.03. The summed E-state index contributed by atoms with van der Waals surface area (Å²) in [4.78, 5) is 22.6. The first-order valence-corrected chi connectivity index (χ1v) is 8.66. The molecule has 0 aliphatic heterocycles. The normalized spacial score (nSPS) is 11.6. The van der Waals surface area contributed by atoms with Crippen LogP contribution < -0.4 is 9.47 Å². The third-order valence-electron chi connectivity index (χ3n) is 3.82. The molecule has 0 saturated heterocycles. The van der Waals surface area contributed by atoms with E-state index in [4.69, 9.17) is 14.6 Å². The molecular weight excluding hydrogens is 388 g/mol. The van der Waals surface area contributed by atoms with Crippen molar-refractivity contribution in [3.8, 4) is 11.5 Å². The number of esters is 1. The van der Waals surface area contributed by atoms with Crippen molar-refractivity contribution < 1.29 is 24.2 Å². The van der Waals surface area contributed by atoms with Gasteiger partial charge in [-0.25, -0.2) is 9.59 Å². The fourth-order valence-corrected chi connectivity index (χ4v) is 2.65. The molecule has 0 spiro atoms. The average Bonchev–Trinajstić information content (AvgIpc) is 2.60. The summed E-state index contributed by atoms with van der Waals surface area (Å²) in [5.41, 5.74) is 1.32. The molecule has 0 aliphatic carbocycles. The maximum absolute atomic E-state index is 11.9. The number of benzene rings is 2. The predicted molar refractivity (Wildman–Crippen MR) is 97.4 cm³/mol. The number of carboxylic acids is 1. The molecule has 1 N–H and O–H groups in total. The van der Waals surface area contributed by atoms with Gasteiger partial charge in [-0.1, -0.05) is 19.9 Å². The van der Waals surface area contributed by atoms with Crippen molar-refractivity contribution in [3.05, 3.63) is 58.1 Å². The van der Waals surface area contributed by atoms with Crippen LogP contribution in [0, 0.1) is 0 Å². The summed E-state index contributed by atoms with van der Waals surface area (Å²) in [7, 11) is 0. The van der Waals surface area contributed by atoms with Crippen LogP contribution in [0.3, 0.4) is 0 Å². The first kappa shape index (κ1) is 19.0. The molecule has 0 fully saturated rings. The molecule has 25 heavy (non-hydrogen) atoms. The fourth-order valence-electron chi connectivity index (χ4n) is 2.14. The van der Waals surface area contributed by atoms with Crippen molar-refractivity contribution >= 4 is 27.9 Å². The molecule has 2 aromatic rings. The average molecular weight is 407 g/mol. The maximum Gasteiger partial charge on any atom is 0.349 e. The van der Waals surface area contributed by atoms with Crippen LogP contribution in [-0.4, -0.2) is 23.7 Å². The Morgan fingerprint density at radius 2 is 1.84 bits per heavy atom. The van der Waals surface area contributed by atoms with Gasteiger partial charge in [0.1, 0.15) is 11.5 Å². The molecular formula is C19H19BrO5. The van der Waals surface area contributed by atoms with Gasteiger partial charge in [0.05, 0.1) is 10.0 Å². The maximum atomic E-state index is 11.9. The van der Waals surface area contributed by atoms with E-state index in [9.17, 15) is 9.59 Å². The lowest BCUT2D eigenvalue weighted by molar-refractivity contribution is -0.136. The summed E-state index contributed by atoms with van der Waals surface area (Å²) in [6, 6.07) is 11.4. The van der Waals surface area contributed by atoms with Crippen LogP contribution in [0.2, 0.25) is 0 Å². The van der Waals surface area contributed by atoms with Gasteiger partial charge in [0.2, 0.25) is 0 Å². The number of ether oxygens (including phenoxy) is 2. The van der Waals surface area contributed by atoms with E-state index in [1.54, 1.807) is 0 Å². The van der Waals surface area contributed by atoms with E-state index >= 15 is 0 Å². The first-order chi connectivity index (χ1) is 11.9. The second kappa shape index (κ2) is 8.67. The zero-order chi connectivity index (χ0) is 18.4. The highest BCUT2D eigenvalue weighted by atomic mass is 79.9. The third-order valence-corrected chi connectivity index (χ3v) is 4.44. The van der Waals surface area contributed by atoms with Gasteiger partial charge in [0.15, 0.2) is 6.61 Å². The Morgan fingerprint density at radius 3 is 2.40 bits per heavy atom. The number of carbonyl (C=O) groups excluding carboxylic acids is 1. The van der Waals surface area contributed by atoms with Crippen LogP contribution in [0.25, 0.3) is 0 Å². The molecule has 5 nitrogen and oxygen atoms in total. The SMILES string of the molecule is CCC(C)c1ccc(OCC(=O)Oc2ccc(C(=O)O)cc2)c(Br)c1. The number of halogens is 1. The second-order valence-electron chi connectivity index (χ2n) is 5.59. The van der Waals surface area contributed by atoms with Gasteiger partial charge in [-0.05, 0) is 70.2 Å². The Bertz CT molecular complexity index is 755. The molecule has 6 heteroatoms. The molecule has 0 saturated carbocycles. The summed E-state index contributed by atoms with van der Waals surface area (Å²) >= 11 is 3.45. The highest BCUT2D eigenvalue weighted by molar-refractivity contribution is 9.10. The lowest BCUT2D eigenvalue weighted by Crippen LogP contribution is -2.18. The summed E-state index contributed by atoms with van der Waals surface area (Å²) in [6.07, 6.45) is 1.04. The van der Waals surface area contributed by atoms with E-state index in [0.717, 1.165) is 10.9 Å². The van der Waals surface area contributed by atoms with Crippen molar-refractivity contribution in [2.45, 2.75) is 26.2 Å². The van der Waals surface area contributed by atoms with Gasteiger partial charge in [-0.15, -0.1) is 0 Å². The first-order valence-electron chi connectivity index (χ1n) is 7.87. The summed E-state index contributed by atoms with van der Waals surface area (Å²) in [5, 5.41) is 8.83. The molecule has 132 valence electrons. The van der Waals surface area contributed by atoms with Crippen molar-refractivity contribution in [1.82, 2.24) is 0 Å². The van der Waals surface area contributed by atoms with Gasteiger partial charge in [0, 0.05) is 0 Å². The van der Waals surface area contributed by atoms with E-state index in [1.165, 1.54) is 29.8 Å². The van der Waals surface area contributed by atoms with Gasteiger partial charge in [-0.2, -0.15) is 0 Å². The minimum atomic E-state index is -1.04. The molecule has 0 amide bonds. The number of carbonyl (C=O) groups is 2. The van der Waals surface area contributed by atoms with E-state index in [1.807, 2.05) is 18.2 Å². The standard InChI is InChI=1S/C19H19BrO5/c1-3-12(2)14-6-9-17(16(20)10-14)24-11-18(21)25-15-7-4-13(5-8-15)19(22)23/h4-10,12H,3,11H2,1-2H3,(H,22,23). The van der Waals surface area contributed by atoms with Crippen molar-refractivity contribution in [2.24, 2.45) is 0 Å². The van der Waals surface area contributed by atoms with Gasteiger partial charge in [-0.3, -0.25) is 0 Å². The molecule has 0 radical (unpaired) electrons. The topological polar surface area (TPSA) is 72.8 Å². The van der Waals surface area contributed by atoms with E-state index in [0.29, 0.717) is 11.7 Å². The lowest BCUT2D eigenvalue weighted by Gasteiger charge is -2.12. The number of carboxylic acid groups (broad SMARTS) is 1. The van der Waals surface area contributed by atoms with E-state index in [2.05, 4.69) is 29.8 Å². The molecule has 0 bridgehead atoms. The summed E-state index contributed by atoms with van der Waals surface area (Å²) in [5.74, 6) is -0.327. The Labute approximate surface area is 154 Å². The Kier molecular flexibility index (Phi) is 6.58. The Hall–Kier alpha value is -2.34. The minimum Gasteiger partial charge on any atom is -0.481 e. The van der Waals surface area contributed by atoms with Gasteiger partial charge >= 0.3 is 11.9 Å². The second-order valence-corrected chi connectivity index (χ2v) is 6.45. The van der Waals surface area contributed by atoms with Gasteiger partial charge < -0.3 is 14.6 Å². The third kappa shape index (κ3) is 5.32. The highest BCUT2D eigenvalue weighted by Crippen LogP contribution is 2.30. The zero-order valence-electron chi connectivity index (χ0n) is 14.0.